The van der Waals surface area contributed by atoms with Gasteiger partial charge in [0.2, 0.25) is 0 Å². The van der Waals surface area contributed by atoms with Gasteiger partial charge in [-0.05, 0) is 55.0 Å². The van der Waals surface area contributed by atoms with Crippen LogP contribution < -0.4 is 11.1 Å². The average Bonchev–Trinajstić information content (AvgIpc) is 2.92. The Bertz CT molecular complexity index is 783. The number of nitrogens with two attached hydrogens (primary N) is 1. The van der Waals surface area contributed by atoms with Gasteiger partial charge < -0.3 is 11.1 Å². The van der Waals surface area contributed by atoms with E-state index in [9.17, 15) is 14.0 Å². The van der Waals surface area contributed by atoms with Crippen LogP contribution in [0, 0.1) is 11.7 Å². The molecule has 1 aromatic heterocycles. The van der Waals surface area contributed by atoms with Gasteiger partial charge in [0.05, 0.1) is 5.56 Å². The van der Waals surface area contributed by atoms with Gasteiger partial charge in [0.15, 0.2) is 0 Å². The van der Waals surface area contributed by atoms with Crippen molar-refractivity contribution >= 4 is 28.2 Å². The third-order valence-electron chi connectivity index (χ3n) is 4.52. The number of thiophene rings is 1. The SMILES string of the molecule is CCC1CCc2c(sc(NC(=O)c3ccc(F)cc3)c2C(N)=O)C1. The number of amides is 2. The second-order valence-electron chi connectivity index (χ2n) is 6.05. The van der Waals surface area contributed by atoms with Crippen LogP contribution in [0.25, 0.3) is 0 Å². The monoisotopic (exact) mass is 346 g/mol. The van der Waals surface area contributed by atoms with Crippen LogP contribution in [-0.2, 0) is 12.8 Å². The molecule has 0 spiro atoms. The highest BCUT2D eigenvalue weighted by Gasteiger charge is 2.28. The lowest BCUT2D eigenvalue weighted by Gasteiger charge is -2.20. The lowest BCUT2D eigenvalue weighted by atomic mass is 9.85. The molecule has 1 heterocycles. The predicted molar refractivity (Wildman–Crippen MR) is 93.0 cm³/mol. The maximum atomic E-state index is 13.0. The summed E-state index contributed by atoms with van der Waals surface area (Å²) in [7, 11) is 0. The zero-order valence-electron chi connectivity index (χ0n) is 13.4. The Labute approximate surface area is 143 Å². The first-order valence-electron chi connectivity index (χ1n) is 8.00. The van der Waals surface area contributed by atoms with E-state index in [1.807, 2.05) is 0 Å². The van der Waals surface area contributed by atoms with Gasteiger partial charge in [0.25, 0.3) is 11.8 Å². The van der Waals surface area contributed by atoms with Crippen LogP contribution in [0.15, 0.2) is 24.3 Å². The Morgan fingerprint density at radius 2 is 2.04 bits per heavy atom. The molecule has 2 aromatic rings. The average molecular weight is 346 g/mol. The summed E-state index contributed by atoms with van der Waals surface area (Å²) in [6.45, 7) is 2.16. The Kier molecular flexibility index (Phi) is 4.66. The molecule has 0 saturated carbocycles. The van der Waals surface area contributed by atoms with Crippen molar-refractivity contribution in [3.63, 3.8) is 0 Å². The molecule has 3 N–H and O–H groups in total. The fourth-order valence-corrected chi connectivity index (χ4v) is 4.49. The van der Waals surface area contributed by atoms with Crippen LogP contribution in [0.5, 0.6) is 0 Å². The van der Waals surface area contributed by atoms with Crippen molar-refractivity contribution in [2.75, 3.05) is 5.32 Å². The molecular formula is C18H19FN2O2S. The molecule has 1 aromatic carbocycles. The molecule has 0 saturated heterocycles. The molecule has 2 amide bonds. The zero-order chi connectivity index (χ0) is 17.3. The second-order valence-corrected chi connectivity index (χ2v) is 7.16. The number of hydrogen-bond donors (Lipinski definition) is 2. The summed E-state index contributed by atoms with van der Waals surface area (Å²) in [5.41, 5.74) is 7.30. The van der Waals surface area contributed by atoms with Gasteiger partial charge in [-0.3, -0.25) is 9.59 Å². The number of anilines is 1. The van der Waals surface area contributed by atoms with Crippen molar-refractivity contribution in [3.05, 3.63) is 51.7 Å². The number of halogens is 1. The lowest BCUT2D eigenvalue weighted by Crippen LogP contribution is -2.19. The van der Waals surface area contributed by atoms with Gasteiger partial charge in [0.1, 0.15) is 10.8 Å². The Hall–Kier alpha value is -2.21. The maximum Gasteiger partial charge on any atom is 0.256 e. The highest BCUT2D eigenvalue weighted by atomic mass is 32.1. The number of carbonyl (C=O) groups excluding carboxylic acids is 2. The highest BCUT2D eigenvalue weighted by Crippen LogP contribution is 2.40. The van der Waals surface area contributed by atoms with Gasteiger partial charge in [-0.15, -0.1) is 11.3 Å². The minimum atomic E-state index is -0.517. The van der Waals surface area contributed by atoms with Crippen molar-refractivity contribution < 1.29 is 14.0 Å². The van der Waals surface area contributed by atoms with E-state index < -0.39 is 11.7 Å². The van der Waals surface area contributed by atoms with E-state index in [2.05, 4.69) is 12.2 Å². The van der Waals surface area contributed by atoms with E-state index in [4.69, 9.17) is 5.73 Å². The van der Waals surface area contributed by atoms with Crippen LogP contribution in [-0.4, -0.2) is 11.8 Å². The number of nitrogens with one attached hydrogen (secondary N) is 1. The molecule has 0 fully saturated rings. The molecule has 3 rings (SSSR count). The van der Waals surface area contributed by atoms with Crippen molar-refractivity contribution in [2.24, 2.45) is 11.7 Å². The van der Waals surface area contributed by atoms with Crippen molar-refractivity contribution in [1.82, 2.24) is 0 Å². The van der Waals surface area contributed by atoms with E-state index in [1.165, 1.54) is 35.6 Å². The minimum absolute atomic E-state index is 0.338. The summed E-state index contributed by atoms with van der Waals surface area (Å²) >= 11 is 1.43. The standard InChI is InChI=1S/C18H19FN2O2S/c1-2-10-3-8-13-14(9-10)24-18(15(13)16(20)22)21-17(23)11-4-6-12(19)7-5-11/h4-7,10H,2-3,8-9H2,1H3,(H2,20,22)(H,21,23). The van der Waals surface area contributed by atoms with E-state index in [0.29, 0.717) is 22.0 Å². The van der Waals surface area contributed by atoms with Gasteiger partial charge >= 0.3 is 0 Å². The van der Waals surface area contributed by atoms with Gasteiger partial charge in [0, 0.05) is 10.4 Å². The van der Waals surface area contributed by atoms with Crippen LogP contribution in [0.4, 0.5) is 9.39 Å². The normalized spacial score (nSPS) is 16.5. The molecular weight excluding hydrogens is 327 g/mol. The topological polar surface area (TPSA) is 72.2 Å². The quantitative estimate of drug-likeness (QED) is 0.885. The molecule has 24 heavy (non-hydrogen) atoms. The lowest BCUT2D eigenvalue weighted by molar-refractivity contribution is 0.1000. The number of hydrogen-bond acceptors (Lipinski definition) is 3. The first-order chi connectivity index (χ1) is 11.5. The number of primary amides is 1. The van der Waals surface area contributed by atoms with E-state index in [1.54, 1.807) is 0 Å². The van der Waals surface area contributed by atoms with Crippen molar-refractivity contribution in [2.45, 2.75) is 32.6 Å². The number of benzene rings is 1. The Balaban J connectivity index is 1.90. The number of rotatable bonds is 4. The second kappa shape index (κ2) is 6.73. The molecule has 1 aliphatic rings. The number of fused-ring (bicyclic) bond motifs is 1. The third-order valence-corrected chi connectivity index (χ3v) is 5.69. The van der Waals surface area contributed by atoms with Gasteiger partial charge in [-0.2, -0.15) is 0 Å². The fraction of sp³-hybridized carbons (Fsp3) is 0.333. The largest absolute Gasteiger partial charge is 0.365 e. The first-order valence-corrected chi connectivity index (χ1v) is 8.82. The maximum absolute atomic E-state index is 13.0. The molecule has 0 bridgehead atoms. The molecule has 4 nitrogen and oxygen atoms in total. The van der Waals surface area contributed by atoms with E-state index >= 15 is 0 Å². The summed E-state index contributed by atoms with van der Waals surface area (Å²) in [6.07, 6.45) is 3.87. The number of carbonyl (C=O) groups is 2. The van der Waals surface area contributed by atoms with E-state index in [-0.39, 0.29) is 5.91 Å². The van der Waals surface area contributed by atoms with Crippen LogP contribution in [0.1, 0.15) is 50.9 Å². The summed E-state index contributed by atoms with van der Waals surface area (Å²) in [4.78, 5) is 25.4. The van der Waals surface area contributed by atoms with Crippen LogP contribution >= 0.6 is 11.3 Å². The zero-order valence-corrected chi connectivity index (χ0v) is 14.2. The Morgan fingerprint density at radius 1 is 1.33 bits per heavy atom. The summed E-state index contributed by atoms with van der Waals surface area (Å²) in [5.74, 6) is -0.681. The molecule has 0 aliphatic heterocycles. The van der Waals surface area contributed by atoms with Crippen molar-refractivity contribution in [1.29, 1.82) is 0 Å². The summed E-state index contributed by atoms with van der Waals surface area (Å²) < 4.78 is 13.0. The van der Waals surface area contributed by atoms with Crippen molar-refractivity contribution in [3.8, 4) is 0 Å². The molecule has 126 valence electrons. The molecule has 0 radical (unpaired) electrons. The predicted octanol–water partition coefficient (Wildman–Crippen LogP) is 3.75. The third kappa shape index (κ3) is 3.19. The minimum Gasteiger partial charge on any atom is -0.365 e. The van der Waals surface area contributed by atoms with E-state index in [0.717, 1.165) is 36.1 Å². The summed E-state index contributed by atoms with van der Waals surface area (Å²) in [6, 6.07) is 5.29. The van der Waals surface area contributed by atoms with Gasteiger partial charge in [-0.25, -0.2) is 4.39 Å². The molecule has 1 aliphatic carbocycles. The highest BCUT2D eigenvalue weighted by molar-refractivity contribution is 7.17. The molecule has 1 atom stereocenters. The van der Waals surface area contributed by atoms with Gasteiger partial charge in [-0.1, -0.05) is 13.3 Å². The molecule has 1 unspecified atom stereocenters. The van der Waals surface area contributed by atoms with Crippen LogP contribution in [0.3, 0.4) is 0 Å². The smallest absolute Gasteiger partial charge is 0.256 e. The first kappa shape index (κ1) is 16.6. The molecule has 6 heteroatoms. The Morgan fingerprint density at radius 3 is 2.67 bits per heavy atom. The van der Waals surface area contributed by atoms with Crippen LogP contribution in [0.2, 0.25) is 0 Å². The summed E-state index contributed by atoms with van der Waals surface area (Å²) in [5, 5.41) is 3.27. The fourth-order valence-electron chi connectivity index (χ4n) is 3.13.